The molecule has 1 saturated heterocycles. The van der Waals surface area contributed by atoms with Gasteiger partial charge in [0.2, 0.25) is 0 Å². The van der Waals surface area contributed by atoms with Crippen LogP contribution in [0.15, 0.2) is 24.3 Å². The van der Waals surface area contributed by atoms with Crippen molar-refractivity contribution >= 4 is 11.3 Å². The highest BCUT2D eigenvalue weighted by atomic mass is 16.5. The highest BCUT2D eigenvalue weighted by molar-refractivity contribution is 5.78. The van der Waals surface area contributed by atoms with Crippen LogP contribution in [0.5, 0.6) is 5.75 Å². The fourth-order valence-electron chi connectivity index (χ4n) is 4.16. The van der Waals surface area contributed by atoms with E-state index < -0.39 is 0 Å². The number of piperazine rings is 1. The van der Waals surface area contributed by atoms with Crippen LogP contribution in [0.4, 0.5) is 5.69 Å². The quantitative estimate of drug-likeness (QED) is 0.862. The molecule has 0 unspecified atom stereocenters. The van der Waals surface area contributed by atoms with E-state index in [0.29, 0.717) is 5.41 Å². The van der Waals surface area contributed by atoms with Gasteiger partial charge in [-0.2, -0.15) is 0 Å². The average Bonchev–Trinajstić information content (AvgIpc) is 2.68. The topological polar surface area (TPSA) is 24.5 Å². The van der Waals surface area contributed by atoms with Crippen molar-refractivity contribution in [3.63, 3.8) is 0 Å². The van der Waals surface area contributed by atoms with Crippen LogP contribution in [0.1, 0.15) is 51.5 Å². The molecule has 1 fully saturated rings. The van der Waals surface area contributed by atoms with Gasteiger partial charge in [-0.25, -0.2) is 0 Å². The van der Waals surface area contributed by atoms with Crippen molar-refractivity contribution in [2.75, 3.05) is 38.2 Å². The molecule has 1 N–H and O–H groups in total. The van der Waals surface area contributed by atoms with Crippen LogP contribution in [-0.2, 0) is 0 Å². The van der Waals surface area contributed by atoms with Gasteiger partial charge in [0.1, 0.15) is 5.75 Å². The molecule has 1 heterocycles. The molecule has 0 radical (unpaired) electrons. The summed E-state index contributed by atoms with van der Waals surface area (Å²) in [5.74, 6) is 0.958. The van der Waals surface area contributed by atoms with Crippen molar-refractivity contribution in [1.82, 2.24) is 5.32 Å². The van der Waals surface area contributed by atoms with Crippen molar-refractivity contribution < 1.29 is 4.74 Å². The van der Waals surface area contributed by atoms with Crippen molar-refractivity contribution in [3.05, 3.63) is 29.8 Å². The van der Waals surface area contributed by atoms with Gasteiger partial charge in [0.15, 0.2) is 0 Å². The monoisotopic (exact) mass is 328 g/mol. The summed E-state index contributed by atoms with van der Waals surface area (Å²) in [5.41, 5.74) is 4.83. The van der Waals surface area contributed by atoms with Gasteiger partial charge in [-0.3, -0.25) is 0 Å². The number of benzene rings is 1. The number of methoxy groups -OCH3 is 1. The molecule has 0 saturated carbocycles. The highest BCUT2D eigenvalue weighted by Crippen LogP contribution is 2.45. The minimum Gasteiger partial charge on any atom is -0.497 e. The summed E-state index contributed by atoms with van der Waals surface area (Å²) in [6.45, 7) is 8.96. The molecule has 1 aromatic carbocycles. The number of nitrogens with zero attached hydrogens (tertiary/aromatic N) is 1. The van der Waals surface area contributed by atoms with Gasteiger partial charge in [0, 0.05) is 43.5 Å². The third-order valence-electron chi connectivity index (χ3n) is 6.21. The summed E-state index contributed by atoms with van der Waals surface area (Å²) >= 11 is 0. The lowest BCUT2D eigenvalue weighted by atomic mass is 9.70. The number of allylic oxidation sites excluding steroid dienone is 2. The van der Waals surface area contributed by atoms with Crippen molar-refractivity contribution in [2.45, 2.75) is 46.0 Å². The Morgan fingerprint density at radius 1 is 1.17 bits per heavy atom. The molecule has 24 heavy (non-hydrogen) atoms. The van der Waals surface area contributed by atoms with E-state index in [2.05, 4.69) is 48.3 Å². The van der Waals surface area contributed by atoms with Gasteiger partial charge >= 0.3 is 0 Å². The van der Waals surface area contributed by atoms with E-state index in [4.69, 9.17) is 4.74 Å². The summed E-state index contributed by atoms with van der Waals surface area (Å²) < 4.78 is 5.49. The normalized spacial score (nSPS) is 20.6. The Morgan fingerprint density at radius 3 is 2.50 bits per heavy atom. The fraction of sp³-hybridized carbons (Fsp3) is 0.619. The van der Waals surface area contributed by atoms with Crippen molar-refractivity contribution in [1.29, 1.82) is 0 Å². The number of anilines is 1. The van der Waals surface area contributed by atoms with Crippen molar-refractivity contribution in [3.8, 4) is 5.75 Å². The molecule has 1 aromatic rings. The minimum absolute atomic E-state index is 0.533. The fourth-order valence-corrected chi connectivity index (χ4v) is 4.16. The van der Waals surface area contributed by atoms with E-state index in [1.165, 1.54) is 48.9 Å². The smallest absolute Gasteiger partial charge is 0.120 e. The Balaban J connectivity index is 1.91. The van der Waals surface area contributed by atoms with E-state index in [9.17, 15) is 0 Å². The summed E-state index contributed by atoms with van der Waals surface area (Å²) in [5, 5.41) is 3.45. The maximum absolute atomic E-state index is 5.49. The summed E-state index contributed by atoms with van der Waals surface area (Å²) in [7, 11) is 1.76. The average molecular weight is 329 g/mol. The minimum atomic E-state index is 0.533. The van der Waals surface area contributed by atoms with Gasteiger partial charge in [0.05, 0.1) is 7.11 Å². The van der Waals surface area contributed by atoms with Gasteiger partial charge in [-0.05, 0) is 42.4 Å². The summed E-state index contributed by atoms with van der Waals surface area (Å²) in [6.07, 6.45) is 8.85. The third kappa shape index (κ3) is 3.46. The Labute approximate surface area is 147 Å². The molecule has 2 aliphatic rings. The maximum atomic E-state index is 5.49. The molecular weight excluding hydrogens is 296 g/mol. The molecule has 0 amide bonds. The first-order valence-electron chi connectivity index (χ1n) is 9.54. The Bertz CT molecular complexity index is 584. The first-order chi connectivity index (χ1) is 11.7. The van der Waals surface area contributed by atoms with Crippen LogP contribution < -0.4 is 15.0 Å². The van der Waals surface area contributed by atoms with Crippen LogP contribution in [0.25, 0.3) is 5.57 Å². The van der Waals surface area contributed by atoms with Gasteiger partial charge in [-0.1, -0.05) is 32.8 Å². The Morgan fingerprint density at radius 2 is 1.92 bits per heavy atom. The lowest BCUT2D eigenvalue weighted by Crippen LogP contribution is -2.43. The molecule has 0 atom stereocenters. The molecule has 0 bridgehead atoms. The first kappa shape index (κ1) is 17.3. The molecule has 0 spiro atoms. The van der Waals surface area contributed by atoms with Gasteiger partial charge in [0.25, 0.3) is 0 Å². The van der Waals surface area contributed by atoms with Gasteiger partial charge < -0.3 is 15.0 Å². The van der Waals surface area contributed by atoms with Crippen LogP contribution in [0.3, 0.4) is 0 Å². The number of nitrogens with one attached hydrogen (secondary N) is 1. The van der Waals surface area contributed by atoms with E-state index in [1.54, 1.807) is 7.11 Å². The molecule has 3 nitrogen and oxygen atoms in total. The second-order valence-corrected chi connectivity index (χ2v) is 7.26. The van der Waals surface area contributed by atoms with Crippen LogP contribution in [-0.4, -0.2) is 33.3 Å². The predicted molar refractivity (Wildman–Crippen MR) is 103 cm³/mol. The molecule has 3 rings (SSSR count). The summed E-state index contributed by atoms with van der Waals surface area (Å²) in [6, 6.07) is 6.61. The maximum Gasteiger partial charge on any atom is 0.120 e. The molecular formula is C21H32N2O. The van der Waals surface area contributed by atoms with Crippen molar-refractivity contribution in [2.24, 2.45) is 5.41 Å². The number of rotatable bonds is 5. The van der Waals surface area contributed by atoms with E-state index in [0.717, 1.165) is 31.9 Å². The molecule has 0 aromatic heterocycles. The van der Waals surface area contributed by atoms with E-state index in [-0.39, 0.29) is 0 Å². The lowest BCUT2D eigenvalue weighted by molar-refractivity contribution is 0.238. The number of hydrogen-bond donors (Lipinski definition) is 1. The van der Waals surface area contributed by atoms with E-state index in [1.807, 2.05) is 0 Å². The molecule has 3 heteroatoms. The third-order valence-corrected chi connectivity index (χ3v) is 6.21. The Hall–Kier alpha value is -1.48. The highest BCUT2D eigenvalue weighted by Gasteiger charge is 2.29. The SMILES string of the molecule is CCC1(CC)CC=C(c2ccc(OC)cc2N2CCNCC2)CC1. The van der Waals surface area contributed by atoms with Crippen LogP contribution in [0.2, 0.25) is 0 Å². The zero-order chi connectivity index (χ0) is 17.0. The first-order valence-corrected chi connectivity index (χ1v) is 9.54. The number of hydrogen-bond acceptors (Lipinski definition) is 3. The zero-order valence-electron chi connectivity index (χ0n) is 15.5. The standard InChI is InChI=1S/C21H32N2O/c1-4-21(5-2)10-8-17(9-11-21)19-7-6-18(24-3)16-20(19)23-14-12-22-13-15-23/h6-8,16,22H,4-5,9-15H2,1-3H3. The summed E-state index contributed by atoms with van der Waals surface area (Å²) in [4.78, 5) is 2.51. The molecule has 1 aliphatic carbocycles. The predicted octanol–water partition coefficient (Wildman–Crippen LogP) is 4.48. The number of ether oxygens (including phenoxy) is 1. The van der Waals surface area contributed by atoms with Crippen LogP contribution >= 0.6 is 0 Å². The second kappa shape index (κ2) is 7.60. The second-order valence-electron chi connectivity index (χ2n) is 7.26. The zero-order valence-corrected chi connectivity index (χ0v) is 15.5. The molecule has 1 aliphatic heterocycles. The molecule has 132 valence electrons. The van der Waals surface area contributed by atoms with E-state index >= 15 is 0 Å². The van der Waals surface area contributed by atoms with Gasteiger partial charge in [-0.15, -0.1) is 0 Å². The van der Waals surface area contributed by atoms with Crippen LogP contribution in [0, 0.1) is 5.41 Å². The largest absolute Gasteiger partial charge is 0.497 e. The lowest BCUT2D eigenvalue weighted by Gasteiger charge is -2.36. The Kier molecular flexibility index (Phi) is 5.50.